The van der Waals surface area contributed by atoms with E-state index in [0.29, 0.717) is 12.3 Å². The SMILES string of the molecule is CCN(C(=O)C(C)Oc1cccc(C)c1)C(C)CC(=O)O. The maximum absolute atomic E-state index is 12.4. The van der Waals surface area contributed by atoms with Crippen LogP contribution in [0.25, 0.3) is 0 Å². The van der Waals surface area contributed by atoms with Gasteiger partial charge in [-0.25, -0.2) is 0 Å². The molecule has 5 heteroatoms. The molecule has 2 unspecified atom stereocenters. The number of nitrogens with zero attached hydrogens (tertiary/aromatic N) is 1. The second-order valence-electron chi connectivity index (χ2n) is 5.15. The first-order chi connectivity index (χ1) is 9.85. The fourth-order valence-corrected chi connectivity index (χ4v) is 2.22. The van der Waals surface area contributed by atoms with Gasteiger partial charge in [0.05, 0.1) is 6.42 Å². The van der Waals surface area contributed by atoms with Gasteiger partial charge in [-0.1, -0.05) is 12.1 Å². The molecule has 0 aliphatic carbocycles. The number of carbonyl (C=O) groups excluding carboxylic acids is 1. The van der Waals surface area contributed by atoms with Crippen molar-refractivity contribution < 1.29 is 19.4 Å². The van der Waals surface area contributed by atoms with Crippen LogP contribution in [-0.4, -0.2) is 40.6 Å². The smallest absolute Gasteiger partial charge is 0.305 e. The highest BCUT2D eigenvalue weighted by Crippen LogP contribution is 2.16. The second kappa shape index (κ2) is 7.67. The first kappa shape index (κ1) is 17.0. The molecule has 0 aliphatic heterocycles. The molecular weight excluding hydrogens is 270 g/mol. The van der Waals surface area contributed by atoms with Gasteiger partial charge in [0, 0.05) is 12.6 Å². The maximum Gasteiger partial charge on any atom is 0.305 e. The lowest BCUT2D eigenvalue weighted by molar-refractivity contribution is -0.143. The van der Waals surface area contributed by atoms with E-state index in [1.165, 1.54) is 4.90 Å². The number of carboxylic acids is 1. The number of carbonyl (C=O) groups is 2. The van der Waals surface area contributed by atoms with Crippen molar-refractivity contribution in [3.63, 3.8) is 0 Å². The summed E-state index contributed by atoms with van der Waals surface area (Å²) in [5.41, 5.74) is 1.05. The van der Waals surface area contributed by atoms with Crippen LogP contribution in [0, 0.1) is 6.92 Å². The first-order valence-corrected chi connectivity index (χ1v) is 7.10. The number of aryl methyl sites for hydroxylation is 1. The third-order valence-corrected chi connectivity index (χ3v) is 3.28. The minimum Gasteiger partial charge on any atom is -0.481 e. The Morgan fingerprint density at radius 3 is 2.52 bits per heavy atom. The van der Waals surface area contributed by atoms with Crippen molar-refractivity contribution in [3.8, 4) is 5.75 Å². The third-order valence-electron chi connectivity index (χ3n) is 3.28. The van der Waals surface area contributed by atoms with E-state index in [-0.39, 0.29) is 18.4 Å². The van der Waals surface area contributed by atoms with Crippen LogP contribution < -0.4 is 4.74 Å². The van der Waals surface area contributed by atoms with E-state index < -0.39 is 12.1 Å². The molecule has 0 spiro atoms. The number of benzene rings is 1. The summed E-state index contributed by atoms with van der Waals surface area (Å²) in [7, 11) is 0. The zero-order chi connectivity index (χ0) is 16.0. The summed E-state index contributed by atoms with van der Waals surface area (Å²) >= 11 is 0. The minimum atomic E-state index is -0.916. The van der Waals surface area contributed by atoms with Crippen LogP contribution >= 0.6 is 0 Å². The van der Waals surface area contributed by atoms with Gasteiger partial charge in [-0.05, 0) is 45.4 Å². The Labute approximate surface area is 125 Å². The Bertz CT molecular complexity index is 501. The van der Waals surface area contributed by atoms with Gasteiger partial charge in [0.25, 0.3) is 5.91 Å². The number of likely N-dealkylation sites (N-methyl/N-ethyl adjacent to an activating group) is 1. The van der Waals surface area contributed by atoms with Crippen molar-refractivity contribution in [3.05, 3.63) is 29.8 Å². The molecule has 0 heterocycles. The summed E-state index contributed by atoms with van der Waals surface area (Å²) in [5.74, 6) is -0.480. The molecule has 21 heavy (non-hydrogen) atoms. The van der Waals surface area contributed by atoms with E-state index in [2.05, 4.69) is 0 Å². The molecule has 5 nitrogen and oxygen atoms in total. The lowest BCUT2D eigenvalue weighted by Gasteiger charge is -2.29. The topological polar surface area (TPSA) is 66.8 Å². The summed E-state index contributed by atoms with van der Waals surface area (Å²) in [4.78, 5) is 24.7. The van der Waals surface area contributed by atoms with Gasteiger partial charge >= 0.3 is 5.97 Å². The van der Waals surface area contributed by atoms with E-state index in [1.54, 1.807) is 19.9 Å². The van der Waals surface area contributed by atoms with Crippen LogP contribution in [0.5, 0.6) is 5.75 Å². The highest BCUT2D eigenvalue weighted by molar-refractivity contribution is 5.81. The summed E-state index contributed by atoms with van der Waals surface area (Å²) < 4.78 is 5.66. The lowest BCUT2D eigenvalue weighted by Crippen LogP contribution is -2.46. The molecule has 0 radical (unpaired) electrons. The summed E-state index contributed by atoms with van der Waals surface area (Å²) in [5, 5.41) is 8.85. The number of aliphatic carboxylic acids is 1. The molecule has 116 valence electrons. The second-order valence-corrected chi connectivity index (χ2v) is 5.15. The summed E-state index contributed by atoms with van der Waals surface area (Å²) in [6, 6.07) is 7.12. The number of rotatable bonds is 7. The zero-order valence-electron chi connectivity index (χ0n) is 13.0. The Morgan fingerprint density at radius 2 is 2.00 bits per heavy atom. The number of hydrogen-bond donors (Lipinski definition) is 1. The van der Waals surface area contributed by atoms with Gasteiger partial charge in [-0.2, -0.15) is 0 Å². The van der Waals surface area contributed by atoms with Crippen molar-refractivity contribution in [1.82, 2.24) is 4.90 Å². The van der Waals surface area contributed by atoms with E-state index in [9.17, 15) is 9.59 Å². The molecular formula is C16H23NO4. The Balaban J connectivity index is 2.73. The molecule has 1 aromatic rings. The monoisotopic (exact) mass is 293 g/mol. The van der Waals surface area contributed by atoms with Crippen LogP contribution in [0.3, 0.4) is 0 Å². The number of ether oxygens (including phenoxy) is 1. The van der Waals surface area contributed by atoms with Crippen LogP contribution in [0.1, 0.15) is 32.8 Å². The van der Waals surface area contributed by atoms with Gasteiger partial charge in [-0.15, -0.1) is 0 Å². The van der Waals surface area contributed by atoms with Gasteiger partial charge in [0.1, 0.15) is 5.75 Å². The van der Waals surface area contributed by atoms with Crippen molar-refractivity contribution in [2.24, 2.45) is 0 Å². The van der Waals surface area contributed by atoms with Crippen LogP contribution in [-0.2, 0) is 9.59 Å². The largest absolute Gasteiger partial charge is 0.481 e. The van der Waals surface area contributed by atoms with Crippen LogP contribution in [0.15, 0.2) is 24.3 Å². The quantitative estimate of drug-likeness (QED) is 0.838. The van der Waals surface area contributed by atoms with Gasteiger partial charge in [-0.3, -0.25) is 9.59 Å². The average Bonchev–Trinajstić information content (AvgIpc) is 2.38. The molecule has 0 fully saturated rings. The average molecular weight is 293 g/mol. The molecule has 0 aromatic heterocycles. The zero-order valence-corrected chi connectivity index (χ0v) is 13.0. The summed E-state index contributed by atoms with van der Waals surface area (Å²) in [6.07, 6.45) is -0.723. The van der Waals surface area contributed by atoms with Crippen molar-refractivity contribution >= 4 is 11.9 Å². The molecule has 1 rings (SSSR count). The van der Waals surface area contributed by atoms with Crippen LogP contribution in [0.2, 0.25) is 0 Å². The highest BCUT2D eigenvalue weighted by atomic mass is 16.5. The Kier molecular flexibility index (Phi) is 6.21. The van der Waals surface area contributed by atoms with E-state index >= 15 is 0 Å². The number of amides is 1. The molecule has 0 saturated heterocycles. The highest BCUT2D eigenvalue weighted by Gasteiger charge is 2.26. The first-order valence-electron chi connectivity index (χ1n) is 7.10. The lowest BCUT2D eigenvalue weighted by atomic mass is 10.2. The van der Waals surface area contributed by atoms with Gasteiger partial charge in [0.2, 0.25) is 0 Å². The fourth-order valence-electron chi connectivity index (χ4n) is 2.22. The van der Waals surface area contributed by atoms with Crippen molar-refractivity contribution in [2.75, 3.05) is 6.54 Å². The molecule has 1 N–H and O–H groups in total. The molecule has 0 saturated carbocycles. The normalized spacial score (nSPS) is 13.3. The van der Waals surface area contributed by atoms with Crippen LogP contribution in [0.4, 0.5) is 0 Å². The van der Waals surface area contributed by atoms with Gasteiger partial charge < -0.3 is 14.7 Å². The minimum absolute atomic E-state index is 0.0727. The molecule has 0 bridgehead atoms. The van der Waals surface area contributed by atoms with E-state index in [0.717, 1.165) is 5.56 Å². The third kappa shape index (κ3) is 5.10. The van der Waals surface area contributed by atoms with E-state index in [1.807, 2.05) is 32.0 Å². The fraction of sp³-hybridized carbons (Fsp3) is 0.500. The number of carboxylic acid groups (broad SMARTS) is 1. The summed E-state index contributed by atoms with van der Waals surface area (Å²) in [6.45, 7) is 7.65. The maximum atomic E-state index is 12.4. The number of hydrogen-bond acceptors (Lipinski definition) is 3. The molecule has 1 aromatic carbocycles. The van der Waals surface area contributed by atoms with Crippen molar-refractivity contribution in [1.29, 1.82) is 0 Å². The predicted molar refractivity (Wildman–Crippen MR) is 80.4 cm³/mol. The van der Waals surface area contributed by atoms with Crippen molar-refractivity contribution in [2.45, 2.75) is 46.3 Å². The Morgan fingerprint density at radius 1 is 1.33 bits per heavy atom. The van der Waals surface area contributed by atoms with E-state index in [4.69, 9.17) is 9.84 Å². The predicted octanol–water partition coefficient (Wildman–Crippen LogP) is 2.47. The standard InChI is InChI=1S/C16H23NO4/c1-5-17(12(3)10-15(18)19)16(20)13(4)21-14-8-6-7-11(2)9-14/h6-9,12-13H,5,10H2,1-4H3,(H,18,19). The molecule has 1 amide bonds. The molecule has 0 aliphatic rings. The molecule has 2 atom stereocenters. The van der Waals surface area contributed by atoms with Gasteiger partial charge in [0.15, 0.2) is 6.10 Å². The Hall–Kier alpha value is -2.04.